The maximum absolute atomic E-state index is 12.7. The predicted molar refractivity (Wildman–Crippen MR) is 118 cm³/mol. The van der Waals surface area contributed by atoms with Crippen molar-refractivity contribution in [1.29, 1.82) is 0 Å². The first-order valence-corrected chi connectivity index (χ1v) is 10.8. The van der Waals surface area contributed by atoms with Crippen molar-refractivity contribution < 1.29 is 19.1 Å². The summed E-state index contributed by atoms with van der Waals surface area (Å²) in [5.41, 5.74) is 2.25. The van der Waals surface area contributed by atoms with Gasteiger partial charge in [0.1, 0.15) is 11.4 Å². The molecular formula is C22H29N3O4S. The number of nitrogens with one attached hydrogen (secondary N) is 1. The molecule has 2 aromatic rings. The van der Waals surface area contributed by atoms with Crippen molar-refractivity contribution in [2.24, 2.45) is 11.8 Å². The summed E-state index contributed by atoms with van der Waals surface area (Å²) >= 11 is 1.38. The first-order chi connectivity index (χ1) is 14.1. The molecule has 0 spiro atoms. The van der Waals surface area contributed by atoms with Gasteiger partial charge in [0.05, 0.1) is 12.8 Å². The number of anilines is 1. The zero-order chi connectivity index (χ0) is 22.1. The highest BCUT2D eigenvalue weighted by Gasteiger charge is 2.39. The number of benzene rings is 1. The molecule has 0 aliphatic carbocycles. The number of amides is 2. The highest BCUT2D eigenvalue weighted by Crippen LogP contribution is 2.33. The van der Waals surface area contributed by atoms with Crippen LogP contribution >= 0.6 is 11.3 Å². The number of aromatic nitrogens is 1. The van der Waals surface area contributed by atoms with Gasteiger partial charge in [-0.3, -0.25) is 4.79 Å². The van der Waals surface area contributed by atoms with Crippen LogP contribution in [0.3, 0.4) is 0 Å². The monoisotopic (exact) mass is 431 g/mol. The van der Waals surface area contributed by atoms with E-state index in [0.29, 0.717) is 18.2 Å². The van der Waals surface area contributed by atoms with E-state index >= 15 is 0 Å². The molecule has 1 saturated heterocycles. The number of aryl methyl sites for hydroxylation is 1. The van der Waals surface area contributed by atoms with Crippen LogP contribution in [0.15, 0.2) is 23.6 Å². The Morgan fingerprint density at radius 1 is 1.30 bits per heavy atom. The Morgan fingerprint density at radius 3 is 2.63 bits per heavy atom. The highest BCUT2D eigenvalue weighted by atomic mass is 32.1. The number of ether oxygens (including phenoxy) is 2. The molecule has 7 nitrogen and oxygen atoms in total. The van der Waals surface area contributed by atoms with E-state index in [1.807, 2.05) is 58.2 Å². The zero-order valence-electron chi connectivity index (χ0n) is 18.3. The molecule has 162 valence electrons. The standard InChI is InChI=1S/C22H29N3O4S/c1-13-7-8-18(28-6)16(9-13)17-12-30-20(23-17)24-19(26)14(2)15-10-25(11-15)21(27)29-22(3,4)5/h7-9,12,14-15H,10-11H2,1-6H3,(H,23,24,26)/t14-/m1/s1. The van der Waals surface area contributed by atoms with Gasteiger partial charge in [-0.2, -0.15) is 0 Å². The van der Waals surface area contributed by atoms with Crippen molar-refractivity contribution in [2.75, 3.05) is 25.5 Å². The molecule has 30 heavy (non-hydrogen) atoms. The average molecular weight is 432 g/mol. The average Bonchev–Trinajstić information content (AvgIpc) is 3.07. The summed E-state index contributed by atoms with van der Waals surface area (Å²) in [5.74, 6) is 0.521. The summed E-state index contributed by atoms with van der Waals surface area (Å²) in [6.45, 7) is 10.5. The number of hydrogen-bond donors (Lipinski definition) is 1. The molecular weight excluding hydrogens is 402 g/mol. The first-order valence-electron chi connectivity index (χ1n) is 9.96. The minimum absolute atomic E-state index is 0.0963. The molecule has 1 aliphatic heterocycles. The van der Waals surface area contributed by atoms with Gasteiger partial charge in [0.25, 0.3) is 0 Å². The van der Waals surface area contributed by atoms with E-state index in [1.165, 1.54) is 11.3 Å². The van der Waals surface area contributed by atoms with Gasteiger partial charge in [0.15, 0.2) is 5.13 Å². The van der Waals surface area contributed by atoms with Crippen LogP contribution in [-0.4, -0.2) is 47.7 Å². The number of carbonyl (C=O) groups excluding carboxylic acids is 2. The second kappa shape index (κ2) is 8.63. The third-order valence-electron chi connectivity index (χ3n) is 5.05. The van der Waals surface area contributed by atoms with Gasteiger partial charge in [-0.15, -0.1) is 11.3 Å². The van der Waals surface area contributed by atoms with Crippen LogP contribution in [0.2, 0.25) is 0 Å². The molecule has 8 heteroatoms. The lowest BCUT2D eigenvalue weighted by Crippen LogP contribution is -2.55. The second-order valence-electron chi connectivity index (χ2n) is 8.66. The SMILES string of the molecule is COc1ccc(C)cc1-c1csc(NC(=O)[C@H](C)C2CN(C(=O)OC(C)(C)C)C2)n1. The lowest BCUT2D eigenvalue weighted by Gasteiger charge is -2.42. The molecule has 1 aromatic carbocycles. The van der Waals surface area contributed by atoms with Crippen LogP contribution in [0.25, 0.3) is 11.3 Å². The Hall–Kier alpha value is -2.61. The fourth-order valence-corrected chi connectivity index (χ4v) is 3.93. The van der Waals surface area contributed by atoms with Gasteiger partial charge in [-0.1, -0.05) is 18.6 Å². The van der Waals surface area contributed by atoms with Crippen LogP contribution in [0.4, 0.5) is 9.93 Å². The van der Waals surface area contributed by atoms with E-state index in [4.69, 9.17) is 9.47 Å². The van der Waals surface area contributed by atoms with Gasteiger partial charge < -0.3 is 19.7 Å². The van der Waals surface area contributed by atoms with Crippen LogP contribution in [-0.2, 0) is 9.53 Å². The highest BCUT2D eigenvalue weighted by molar-refractivity contribution is 7.14. The number of thiazole rings is 1. The molecule has 0 bridgehead atoms. The van der Waals surface area contributed by atoms with Gasteiger partial charge in [-0.05, 0) is 39.8 Å². The molecule has 1 N–H and O–H groups in total. The van der Waals surface area contributed by atoms with Crippen molar-refractivity contribution in [2.45, 2.75) is 40.2 Å². The topological polar surface area (TPSA) is 80.8 Å². The summed E-state index contributed by atoms with van der Waals surface area (Å²) in [7, 11) is 1.63. The van der Waals surface area contributed by atoms with E-state index in [1.54, 1.807) is 12.0 Å². The smallest absolute Gasteiger partial charge is 0.410 e. The molecule has 2 heterocycles. The van der Waals surface area contributed by atoms with Crippen LogP contribution in [0.5, 0.6) is 5.75 Å². The largest absolute Gasteiger partial charge is 0.496 e. The normalized spacial score (nSPS) is 15.3. The van der Waals surface area contributed by atoms with Gasteiger partial charge in [-0.25, -0.2) is 9.78 Å². The van der Waals surface area contributed by atoms with Gasteiger partial charge in [0.2, 0.25) is 5.91 Å². The fourth-order valence-electron chi connectivity index (χ4n) is 3.21. The molecule has 0 unspecified atom stereocenters. The van der Waals surface area contributed by atoms with Gasteiger partial charge >= 0.3 is 6.09 Å². The predicted octanol–water partition coefficient (Wildman–Crippen LogP) is 4.57. The van der Waals surface area contributed by atoms with Crippen LogP contribution in [0, 0.1) is 18.8 Å². The molecule has 1 aliphatic rings. The first kappa shape index (κ1) is 22.1. The number of nitrogens with zero attached hydrogens (tertiary/aromatic N) is 2. The molecule has 1 atom stereocenters. The van der Waals surface area contributed by atoms with Crippen LogP contribution in [0.1, 0.15) is 33.3 Å². The fraction of sp³-hybridized carbons (Fsp3) is 0.500. The van der Waals surface area contributed by atoms with Gasteiger partial charge in [0, 0.05) is 35.9 Å². The van der Waals surface area contributed by atoms with E-state index in [-0.39, 0.29) is 23.8 Å². The van der Waals surface area contributed by atoms with E-state index in [0.717, 1.165) is 22.6 Å². The van der Waals surface area contributed by atoms with Crippen molar-refractivity contribution >= 4 is 28.5 Å². The van der Waals surface area contributed by atoms with E-state index < -0.39 is 5.60 Å². The molecule has 1 fully saturated rings. The van der Waals surface area contributed by atoms with Crippen molar-refractivity contribution in [3.8, 4) is 17.0 Å². The number of hydrogen-bond acceptors (Lipinski definition) is 6. The number of likely N-dealkylation sites (tertiary alicyclic amines) is 1. The van der Waals surface area contributed by atoms with E-state index in [2.05, 4.69) is 10.3 Å². The minimum Gasteiger partial charge on any atom is -0.496 e. The maximum Gasteiger partial charge on any atom is 0.410 e. The lowest BCUT2D eigenvalue weighted by molar-refractivity contribution is -0.123. The van der Waals surface area contributed by atoms with Crippen molar-refractivity contribution in [3.63, 3.8) is 0 Å². The Labute approximate surface area is 181 Å². The third kappa shape index (κ3) is 5.11. The molecule has 1 aromatic heterocycles. The number of carbonyl (C=O) groups is 2. The zero-order valence-corrected chi connectivity index (χ0v) is 19.1. The Morgan fingerprint density at radius 2 is 2.00 bits per heavy atom. The minimum atomic E-state index is -0.520. The van der Waals surface area contributed by atoms with Crippen molar-refractivity contribution in [3.05, 3.63) is 29.1 Å². The maximum atomic E-state index is 12.7. The molecule has 0 saturated carbocycles. The Balaban J connectivity index is 1.58. The second-order valence-corrected chi connectivity index (χ2v) is 9.52. The summed E-state index contributed by atoms with van der Waals surface area (Å²) in [5, 5.41) is 5.37. The van der Waals surface area contributed by atoms with Crippen LogP contribution < -0.4 is 10.1 Å². The number of methoxy groups -OCH3 is 1. The van der Waals surface area contributed by atoms with Crippen molar-refractivity contribution in [1.82, 2.24) is 9.88 Å². The van der Waals surface area contributed by atoms with E-state index in [9.17, 15) is 9.59 Å². The molecule has 3 rings (SSSR count). The summed E-state index contributed by atoms with van der Waals surface area (Å²) in [6, 6.07) is 5.91. The summed E-state index contributed by atoms with van der Waals surface area (Å²) < 4.78 is 10.8. The Kier molecular flexibility index (Phi) is 6.36. The quantitative estimate of drug-likeness (QED) is 0.750. The summed E-state index contributed by atoms with van der Waals surface area (Å²) in [4.78, 5) is 30.9. The third-order valence-corrected chi connectivity index (χ3v) is 5.81. The summed E-state index contributed by atoms with van der Waals surface area (Å²) in [6.07, 6.45) is -0.331. The Bertz CT molecular complexity index is 929. The number of rotatable bonds is 5. The molecule has 2 amide bonds. The molecule has 0 radical (unpaired) electrons. The lowest BCUT2D eigenvalue weighted by atomic mass is 9.87.